The summed E-state index contributed by atoms with van der Waals surface area (Å²) in [5, 5.41) is 3.55. The topological polar surface area (TPSA) is 21.3 Å². The highest BCUT2D eigenvalue weighted by atomic mass is 16.5. The number of rotatable bonds is 5. The summed E-state index contributed by atoms with van der Waals surface area (Å²) in [6, 6.07) is 4.42. The molecule has 2 nitrogen and oxygen atoms in total. The fourth-order valence-corrected chi connectivity index (χ4v) is 2.38. The summed E-state index contributed by atoms with van der Waals surface area (Å²) in [6.07, 6.45) is 1.16. The summed E-state index contributed by atoms with van der Waals surface area (Å²) in [7, 11) is 1.73. The van der Waals surface area contributed by atoms with Gasteiger partial charge in [-0.25, -0.2) is 0 Å². The van der Waals surface area contributed by atoms with Crippen LogP contribution in [0.25, 0.3) is 0 Å². The first-order chi connectivity index (χ1) is 8.74. The van der Waals surface area contributed by atoms with Crippen LogP contribution in [0.3, 0.4) is 0 Å². The first kappa shape index (κ1) is 16.0. The minimum Gasteiger partial charge on any atom is -0.496 e. The van der Waals surface area contributed by atoms with Gasteiger partial charge in [-0.15, -0.1) is 0 Å². The molecule has 0 aliphatic rings. The highest BCUT2D eigenvalue weighted by Gasteiger charge is 2.13. The first-order valence-corrected chi connectivity index (χ1v) is 7.14. The van der Waals surface area contributed by atoms with Crippen molar-refractivity contribution in [3.8, 4) is 5.75 Å². The van der Waals surface area contributed by atoms with E-state index in [-0.39, 0.29) is 5.54 Å². The molecule has 0 fully saturated rings. The van der Waals surface area contributed by atoms with Crippen LogP contribution in [0, 0.1) is 13.8 Å². The standard InChI is InChI=1S/C17H29NO/c1-12(8-9-18-17(4,5)6)15-10-14(3)16(19-7)11-13(15)2/h10-12,18H,8-9H2,1-7H3. The summed E-state index contributed by atoms with van der Waals surface area (Å²) in [6.45, 7) is 14.3. The lowest BCUT2D eigenvalue weighted by atomic mass is 9.91. The molecule has 0 radical (unpaired) electrons. The number of ether oxygens (including phenoxy) is 1. The molecular weight excluding hydrogens is 234 g/mol. The van der Waals surface area contributed by atoms with Crippen molar-refractivity contribution in [2.24, 2.45) is 0 Å². The predicted octanol–water partition coefficient (Wildman–Crippen LogP) is 4.19. The van der Waals surface area contributed by atoms with Crippen molar-refractivity contribution < 1.29 is 4.74 Å². The lowest BCUT2D eigenvalue weighted by Gasteiger charge is -2.23. The Kier molecular flexibility index (Phi) is 5.42. The average molecular weight is 263 g/mol. The molecule has 0 bridgehead atoms. The van der Waals surface area contributed by atoms with Crippen molar-refractivity contribution >= 4 is 0 Å². The minimum absolute atomic E-state index is 0.199. The SMILES string of the molecule is COc1cc(C)c(C(C)CCNC(C)(C)C)cc1C. The molecule has 1 aromatic rings. The van der Waals surface area contributed by atoms with Crippen LogP contribution in [0.2, 0.25) is 0 Å². The van der Waals surface area contributed by atoms with Crippen LogP contribution in [-0.2, 0) is 0 Å². The number of hydrogen-bond acceptors (Lipinski definition) is 2. The van der Waals surface area contributed by atoms with E-state index in [1.165, 1.54) is 16.7 Å². The molecular formula is C17H29NO. The van der Waals surface area contributed by atoms with E-state index >= 15 is 0 Å². The molecule has 0 saturated heterocycles. The molecule has 108 valence electrons. The zero-order valence-corrected chi connectivity index (χ0v) is 13.6. The maximum Gasteiger partial charge on any atom is 0.122 e. The van der Waals surface area contributed by atoms with E-state index in [0.717, 1.165) is 18.7 Å². The summed E-state index contributed by atoms with van der Waals surface area (Å²) < 4.78 is 5.37. The largest absolute Gasteiger partial charge is 0.496 e. The van der Waals surface area contributed by atoms with Crippen LogP contribution in [0.1, 0.15) is 56.7 Å². The van der Waals surface area contributed by atoms with Gasteiger partial charge in [0.25, 0.3) is 0 Å². The van der Waals surface area contributed by atoms with E-state index in [9.17, 15) is 0 Å². The molecule has 1 rings (SSSR count). The van der Waals surface area contributed by atoms with Crippen LogP contribution in [0.15, 0.2) is 12.1 Å². The molecule has 1 atom stereocenters. The smallest absolute Gasteiger partial charge is 0.122 e. The highest BCUT2D eigenvalue weighted by Crippen LogP contribution is 2.29. The Labute approximate surface area is 118 Å². The van der Waals surface area contributed by atoms with E-state index < -0.39 is 0 Å². The summed E-state index contributed by atoms with van der Waals surface area (Å²) >= 11 is 0. The maximum atomic E-state index is 5.37. The van der Waals surface area contributed by atoms with Crippen LogP contribution < -0.4 is 10.1 Å². The molecule has 0 aliphatic carbocycles. The van der Waals surface area contributed by atoms with Crippen LogP contribution in [-0.4, -0.2) is 19.2 Å². The van der Waals surface area contributed by atoms with Crippen LogP contribution >= 0.6 is 0 Å². The Balaban J connectivity index is 2.72. The average Bonchev–Trinajstić information content (AvgIpc) is 2.29. The van der Waals surface area contributed by atoms with Gasteiger partial charge in [-0.05, 0) is 76.3 Å². The van der Waals surface area contributed by atoms with Gasteiger partial charge in [-0.2, -0.15) is 0 Å². The summed E-state index contributed by atoms with van der Waals surface area (Å²) in [5.74, 6) is 1.56. The van der Waals surface area contributed by atoms with Crippen molar-refractivity contribution in [1.29, 1.82) is 0 Å². The molecule has 0 amide bonds. The lowest BCUT2D eigenvalue weighted by molar-refractivity contribution is 0.409. The van der Waals surface area contributed by atoms with Crippen molar-refractivity contribution in [3.05, 3.63) is 28.8 Å². The van der Waals surface area contributed by atoms with Gasteiger partial charge in [0, 0.05) is 5.54 Å². The number of nitrogens with one attached hydrogen (secondary N) is 1. The first-order valence-electron chi connectivity index (χ1n) is 7.14. The van der Waals surface area contributed by atoms with Crippen LogP contribution in [0.5, 0.6) is 5.75 Å². The van der Waals surface area contributed by atoms with E-state index in [2.05, 4.69) is 59.0 Å². The molecule has 19 heavy (non-hydrogen) atoms. The number of methoxy groups -OCH3 is 1. The maximum absolute atomic E-state index is 5.37. The molecule has 1 unspecified atom stereocenters. The molecule has 0 aromatic heterocycles. The third-order valence-corrected chi connectivity index (χ3v) is 3.55. The normalized spacial score (nSPS) is 13.4. The second-order valence-corrected chi connectivity index (χ2v) is 6.54. The second kappa shape index (κ2) is 6.42. The zero-order valence-electron chi connectivity index (χ0n) is 13.6. The van der Waals surface area contributed by atoms with E-state index in [1.54, 1.807) is 7.11 Å². The summed E-state index contributed by atoms with van der Waals surface area (Å²) in [4.78, 5) is 0. The molecule has 2 heteroatoms. The Hall–Kier alpha value is -1.02. The van der Waals surface area contributed by atoms with E-state index in [1.807, 2.05) is 0 Å². The molecule has 0 aliphatic heterocycles. The van der Waals surface area contributed by atoms with Crippen molar-refractivity contribution in [3.63, 3.8) is 0 Å². The fraction of sp³-hybridized carbons (Fsp3) is 0.647. The quantitative estimate of drug-likeness (QED) is 0.860. The van der Waals surface area contributed by atoms with Gasteiger partial charge in [0.15, 0.2) is 0 Å². The monoisotopic (exact) mass is 263 g/mol. The number of benzene rings is 1. The predicted molar refractivity (Wildman–Crippen MR) is 83.3 cm³/mol. The Morgan fingerprint density at radius 1 is 1.16 bits per heavy atom. The number of aryl methyl sites for hydroxylation is 2. The number of hydrogen-bond donors (Lipinski definition) is 1. The third-order valence-electron chi connectivity index (χ3n) is 3.55. The van der Waals surface area contributed by atoms with Crippen molar-refractivity contribution in [2.75, 3.05) is 13.7 Å². The van der Waals surface area contributed by atoms with Gasteiger partial charge < -0.3 is 10.1 Å². The zero-order chi connectivity index (χ0) is 14.6. The highest BCUT2D eigenvalue weighted by molar-refractivity contribution is 5.42. The van der Waals surface area contributed by atoms with Crippen molar-refractivity contribution in [2.45, 2.75) is 59.4 Å². The Morgan fingerprint density at radius 2 is 1.79 bits per heavy atom. The van der Waals surface area contributed by atoms with E-state index in [0.29, 0.717) is 5.92 Å². The molecule has 0 spiro atoms. The minimum atomic E-state index is 0.199. The summed E-state index contributed by atoms with van der Waals surface area (Å²) in [5.41, 5.74) is 4.18. The third kappa shape index (κ3) is 4.87. The molecule has 1 aromatic carbocycles. The van der Waals surface area contributed by atoms with Gasteiger partial charge in [0.05, 0.1) is 7.11 Å². The fourth-order valence-electron chi connectivity index (χ4n) is 2.38. The van der Waals surface area contributed by atoms with Gasteiger partial charge in [0.1, 0.15) is 5.75 Å². The second-order valence-electron chi connectivity index (χ2n) is 6.54. The van der Waals surface area contributed by atoms with Gasteiger partial charge in [0.2, 0.25) is 0 Å². The van der Waals surface area contributed by atoms with Gasteiger partial charge in [-0.3, -0.25) is 0 Å². The van der Waals surface area contributed by atoms with Crippen molar-refractivity contribution in [1.82, 2.24) is 5.32 Å². The molecule has 0 heterocycles. The van der Waals surface area contributed by atoms with E-state index in [4.69, 9.17) is 4.74 Å². The lowest BCUT2D eigenvalue weighted by Crippen LogP contribution is -2.36. The van der Waals surface area contributed by atoms with Crippen LogP contribution in [0.4, 0.5) is 0 Å². The molecule has 1 N–H and O–H groups in total. The Bertz CT molecular complexity index is 418. The Morgan fingerprint density at radius 3 is 2.32 bits per heavy atom. The molecule has 0 saturated carbocycles. The van der Waals surface area contributed by atoms with Gasteiger partial charge in [-0.1, -0.05) is 13.0 Å². The van der Waals surface area contributed by atoms with Gasteiger partial charge >= 0.3 is 0 Å².